The van der Waals surface area contributed by atoms with Gasteiger partial charge in [0.15, 0.2) is 0 Å². The fourth-order valence-electron chi connectivity index (χ4n) is 2.91. The molecular weight excluding hydrogens is 272 g/mol. The number of benzene rings is 2. The topological polar surface area (TPSA) is 32.3 Å². The van der Waals surface area contributed by atoms with E-state index in [1.165, 1.54) is 16.7 Å². The maximum absolute atomic E-state index is 12.4. The highest BCUT2D eigenvalue weighted by Gasteiger charge is 2.14. The van der Waals surface area contributed by atoms with Gasteiger partial charge in [0.2, 0.25) is 0 Å². The van der Waals surface area contributed by atoms with Gasteiger partial charge in [0.05, 0.1) is 0 Å². The van der Waals surface area contributed by atoms with Crippen molar-refractivity contribution in [2.75, 3.05) is 18.9 Å². The molecule has 0 fully saturated rings. The minimum Gasteiger partial charge on any atom is -0.322 e. The van der Waals surface area contributed by atoms with Crippen LogP contribution in [0, 0.1) is 0 Å². The zero-order valence-corrected chi connectivity index (χ0v) is 13.2. The monoisotopic (exact) mass is 294 g/mol. The molecule has 0 unspecified atom stereocenters. The van der Waals surface area contributed by atoms with Crippen molar-refractivity contribution < 1.29 is 4.79 Å². The smallest absolute Gasteiger partial charge is 0.255 e. The zero-order valence-electron chi connectivity index (χ0n) is 13.2. The van der Waals surface area contributed by atoms with Gasteiger partial charge >= 0.3 is 0 Å². The number of amides is 1. The summed E-state index contributed by atoms with van der Waals surface area (Å²) in [5.74, 6) is -0.0422. The van der Waals surface area contributed by atoms with Crippen molar-refractivity contribution in [1.29, 1.82) is 0 Å². The highest BCUT2D eigenvalue weighted by Crippen LogP contribution is 2.22. The molecular formula is C19H22N2O. The van der Waals surface area contributed by atoms with Gasteiger partial charge in [0.25, 0.3) is 5.91 Å². The fourth-order valence-corrected chi connectivity index (χ4v) is 2.91. The highest BCUT2D eigenvalue weighted by molar-refractivity contribution is 6.04. The standard InChI is InChI=1S/C19H22N2O/c1-3-14-5-4-6-16(11-14)19(22)20-18-8-7-15-9-10-21(2)13-17(15)12-18/h4-8,11-12H,3,9-10,13H2,1-2H3,(H,20,22). The average molecular weight is 294 g/mol. The van der Waals surface area contributed by atoms with Crippen LogP contribution >= 0.6 is 0 Å². The number of aryl methyl sites for hydroxylation is 1. The number of anilines is 1. The summed E-state index contributed by atoms with van der Waals surface area (Å²) in [4.78, 5) is 14.7. The Balaban J connectivity index is 1.78. The van der Waals surface area contributed by atoms with Crippen LogP contribution < -0.4 is 5.32 Å². The molecule has 0 atom stereocenters. The Hall–Kier alpha value is -2.13. The quantitative estimate of drug-likeness (QED) is 0.940. The number of fused-ring (bicyclic) bond motifs is 1. The van der Waals surface area contributed by atoms with E-state index in [2.05, 4.69) is 36.3 Å². The van der Waals surface area contributed by atoms with Crippen molar-refractivity contribution in [2.45, 2.75) is 26.3 Å². The molecule has 0 saturated carbocycles. The molecule has 2 aromatic rings. The molecule has 0 aliphatic carbocycles. The second-order valence-corrected chi connectivity index (χ2v) is 5.98. The Labute approximate surface area is 132 Å². The van der Waals surface area contributed by atoms with Gasteiger partial charge in [-0.05, 0) is 60.8 Å². The summed E-state index contributed by atoms with van der Waals surface area (Å²) in [7, 11) is 2.13. The lowest BCUT2D eigenvalue weighted by atomic mass is 9.99. The SMILES string of the molecule is CCc1cccc(C(=O)Nc2ccc3c(c2)CN(C)CC3)c1. The third-order valence-electron chi connectivity index (χ3n) is 4.26. The number of likely N-dealkylation sites (N-methyl/N-ethyl adjacent to an activating group) is 1. The maximum atomic E-state index is 12.4. The van der Waals surface area contributed by atoms with Gasteiger partial charge in [-0.25, -0.2) is 0 Å². The molecule has 0 aromatic heterocycles. The Morgan fingerprint density at radius 3 is 2.86 bits per heavy atom. The third-order valence-corrected chi connectivity index (χ3v) is 4.26. The van der Waals surface area contributed by atoms with Crippen LogP contribution in [0.25, 0.3) is 0 Å². The van der Waals surface area contributed by atoms with Crippen LogP contribution in [-0.4, -0.2) is 24.4 Å². The van der Waals surface area contributed by atoms with Crippen LogP contribution in [0.3, 0.4) is 0 Å². The molecule has 0 radical (unpaired) electrons. The summed E-state index contributed by atoms with van der Waals surface area (Å²) in [5, 5.41) is 3.02. The molecule has 0 bridgehead atoms. The lowest BCUT2D eigenvalue weighted by molar-refractivity contribution is 0.102. The second kappa shape index (κ2) is 6.32. The van der Waals surface area contributed by atoms with Gasteiger partial charge in [-0.2, -0.15) is 0 Å². The van der Waals surface area contributed by atoms with E-state index in [1.54, 1.807) is 0 Å². The number of nitrogens with zero attached hydrogens (tertiary/aromatic N) is 1. The summed E-state index contributed by atoms with van der Waals surface area (Å²) >= 11 is 0. The van der Waals surface area contributed by atoms with Crippen LogP contribution in [0.2, 0.25) is 0 Å². The largest absolute Gasteiger partial charge is 0.322 e. The molecule has 22 heavy (non-hydrogen) atoms. The molecule has 3 rings (SSSR count). The predicted molar refractivity (Wildman–Crippen MR) is 90.3 cm³/mol. The first-order valence-electron chi connectivity index (χ1n) is 7.86. The Morgan fingerprint density at radius 2 is 2.05 bits per heavy atom. The lowest BCUT2D eigenvalue weighted by Gasteiger charge is -2.25. The summed E-state index contributed by atoms with van der Waals surface area (Å²) in [5.41, 5.74) is 5.48. The van der Waals surface area contributed by atoms with Crippen molar-refractivity contribution in [2.24, 2.45) is 0 Å². The maximum Gasteiger partial charge on any atom is 0.255 e. The van der Waals surface area contributed by atoms with E-state index in [-0.39, 0.29) is 5.91 Å². The van der Waals surface area contributed by atoms with E-state index in [4.69, 9.17) is 0 Å². The van der Waals surface area contributed by atoms with E-state index in [0.29, 0.717) is 5.56 Å². The molecule has 3 heteroatoms. The van der Waals surface area contributed by atoms with Crippen molar-refractivity contribution in [1.82, 2.24) is 4.90 Å². The van der Waals surface area contributed by atoms with Gasteiger partial charge in [0, 0.05) is 24.3 Å². The summed E-state index contributed by atoms with van der Waals surface area (Å²) < 4.78 is 0. The first kappa shape index (κ1) is 14.8. The van der Waals surface area contributed by atoms with Crippen LogP contribution in [-0.2, 0) is 19.4 Å². The van der Waals surface area contributed by atoms with Crippen molar-refractivity contribution in [3.8, 4) is 0 Å². The average Bonchev–Trinajstić information content (AvgIpc) is 2.54. The van der Waals surface area contributed by atoms with Crippen LogP contribution in [0.15, 0.2) is 42.5 Å². The molecule has 114 valence electrons. The van der Waals surface area contributed by atoms with Crippen molar-refractivity contribution >= 4 is 11.6 Å². The Kier molecular flexibility index (Phi) is 4.25. The second-order valence-electron chi connectivity index (χ2n) is 5.98. The minimum atomic E-state index is -0.0422. The van der Waals surface area contributed by atoms with E-state index >= 15 is 0 Å². The van der Waals surface area contributed by atoms with E-state index in [0.717, 1.165) is 31.6 Å². The number of carbonyl (C=O) groups is 1. The minimum absolute atomic E-state index is 0.0422. The zero-order chi connectivity index (χ0) is 15.5. The first-order chi connectivity index (χ1) is 10.7. The number of rotatable bonds is 3. The molecule has 3 nitrogen and oxygen atoms in total. The summed E-state index contributed by atoms with van der Waals surface area (Å²) in [6.45, 7) is 4.14. The molecule has 2 aromatic carbocycles. The number of carbonyl (C=O) groups excluding carboxylic acids is 1. The van der Waals surface area contributed by atoms with Gasteiger partial charge in [-0.1, -0.05) is 25.1 Å². The van der Waals surface area contributed by atoms with E-state index in [9.17, 15) is 4.79 Å². The fraction of sp³-hybridized carbons (Fsp3) is 0.316. The molecule has 1 N–H and O–H groups in total. The molecule has 1 amide bonds. The normalized spacial score (nSPS) is 14.5. The van der Waals surface area contributed by atoms with Gasteiger partial charge in [-0.3, -0.25) is 4.79 Å². The number of hydrogen-bond acceptors (Lipinski definition) is 2. The van der Waals surface area contributed by atoms with Crippen LogP contribution in [0.5, 0.6) is 0 Å². The van der Waals surface area contributed by atoms with Crippen molar-refractivity contribution in [3.63, 3.8) is 0 Å². The predicted octanol–water partition coefficient (Wildman–Crippen LogP) is 3.49. The van der Waals surface area contributed by atoms with Gasteiger partial charge < -0.3 is 10.2 Å². The number of hydrogen-bond donors (Lipinski definition) is 1. The Morgan fingerprint density at radius 1 is 1.18 bits per heavy atom. The molecule has 1 aliphatic heterocycles. The lowest BCUT2D eigenvalue weighted by Crippen LogP contribution is -2.26. The van der Waals surface area contributed by atoms with E-state index in [1.807, 2.05) is 30.3 Å². The van der Waals surface area contributed by atoms with Crippen LogP contribution in [0.1, 0.15) is 34.0 Å². The Bertz CT molecular complexity index is 694. The third kappa shape index (κ3) is 3.20. The molecule has 1 aliphatic rings. The summed E-state index contributed by atoms with van der Waals surface area (Å²) in [6, 6.07) is 14.1. The molecule has 0 spiro atoms. The van der Waals surface area contributed by atoms with Gasteiger partial charge in [0.1, 0.15) is 0 Å². The van der Waals surface area contributed by atoms with Gasteiger partial charge in [-0.15, -0.1) is 0 Å². The van der Waals surface area contributed by atoms with E-state index < -0.39 is 0 Å². The van der Waals surface area contributed by atoms with Crippen molar-refractivity contribution in [3.05, 3.63) is 64.7 Å². The molecule has 0 saturated heterocycles. The first-order valence-corrected chi connectivity index (χ1v) is 7.86. The number of nitrogens with one attached hydrogen (secondary N) is 1. The van der Waals surface area contributed by atoms with Crippen LogP contribution in [0.4, 0.5) is 5.69 Å². The summed E-state index contributed by atoms with van der Waals surface area (Å²) in [6.07, 6.45) is 2.02. The highest BCUT2D eigenvalue weighted by atomic mass is 16.1. The molecule has 1 heterocycles.